The third-order valence-corrected chi connectivity index (χ3v) is 6.71. The van der Waals surface area contributed by atoms with Crippen molar-refractivity contribution in [3.63, 3.8) is 0 Å². The Kier molecular flexibility index (Phi) is 8.39. The Bertz CT molecular complexity index is 1390. The molecule has 0 fully saturated rings. The maximum atomic E-state index is 13.2. The molecule has 0 saturated heterocycles. The maximum Gasteiger partial charge on any atom is 0.356 e. The molecule has 0 atom stereocenters. The van der Waals surface area contributed by atoms with Crippen molar-refractivity contribution in [3.05, 3.63) is 59.8 Å². The van der Waals surface area contributed by atoms with Gasteiger partial charge in [-0.25, -0.2) is 17.9 Å². The Labute approximate surface area is 216 Å². The average Bonchev–Trinajstić information content (AvgIpc) is 3.14. The summed E-state index contributed by atoms with van der Waals surface area (Å²) >= 11 is 0. The molecule has 1 amide bonds. The van der Waals surface area contributed by atoms with Crippen molar-refractivity contribution in [3.8, 4) is 17.3 Å². The Morgan fingerprint density at radius 3 is 2.38 bits per heavy atom. The minimum absolute atomic E-state index is 0.0467. The Morgan fingerprint density at radius 2 is 1.78 bits per heavy atom. The number of nitrogens with zero attached hydrogens (tertiary/aromatic N) is 2. The second-order valence-corrected chi connectivity index (χ2v) is 11.5. The van der Waals surface area contributed by atoms with Gasteiger partial charge in [-0.2, -0.15) is 9.78 Å². The Morgan fingerprint density at radius 1 is 1.11 bits per heavy atom. The smallest absolute Gasteiger partial charge is 0.356 e. The first-order valence-corrected chi connectivity index (χ1v) is 13.3. The molecule has 3 N–H and O–H groups in total. The number of carboxylic acid groups (broad SMARTS) is 1. The van der Waals surface area contributed by atoms with E-state index in [0.717, 1.165) is 0 Å². The van der Waals surface area contributed by atoms with E-state index < -0.39 is 16.0 Å². The normalized spacial score (nSPS) is 11.8. The van der Waals surface area contributed by atoms with E-state index >= 15 is 0 Å². The summed E-state index contributed by atoms with van der Waals surface area (Å²) in [6.45, 7) is 9.35. The van der Waals surface area contributed by atoms with Crippen LogP contribution >= 0.6 is 0 Å². The van der Waals surface area contributed by atoms with Gasteiger partial charge in [0.1, 0.15) is 10.6 Å². The standard InChI is InChI=1S/C26H32N4O6S/c1-6-14-27-37(34,35)21-15-18(28-22(31)16-26(3,4)5)12-13-20(21)36-24-17(2)23(25(32)33)29-30(24)19-10-8-7-9-11-19/h7-13,15,27H,6,14,16H2,1-5H3,(H,28,31)(H,32,33). The molecule has 10 nitrogen and oxygen atoms in total. The van der Waals surface area contributed by atoms with Crippen LogP contribution in [0.25, 0.3) is 5.69 Å². The quantitative estimate of drug-likeness (QED) is 0.345. The number of rotatable bonds is 10. The van der Waals surface area contributed by atoms with Crippen molar-refractivity contribution in [1.29, 1.82) is 0 Å². The van der Waals surface area contributed by atoms with Gasteiger partial charge in [0.25, 0.3) is 0 Å². The number of para-hydroxylation sites is 1. The number of aromatic carboxylic acids is 1. The molecule has 0 aliphatic rings. The van der Waals surface area contributed by atoms with E-state index in [0.29, 0.717) is 12.1 Å². The van der Waals surface area contributed by atoms with Crippen molar-refractivity contribution in [2.45, 2.75) is 52.4 Å². The van der Waals surface area contributed by atoms with Crippen LogP contribution in [0, 0.1) is 12.3 Å². The zero-order valence-electron chi connectivity index (χ0n) is 21.5. The number of amides is 1. The topological polar surface area (TPSA) is 140 Å². The Balaban J connectivity index is 2.10. The van der Waals surface area contributed by atoms with Gasteiger partial charge < -0.3 is 15.2 Å². The summed E-state index contributed by atoms with van der Waals surface area (Å²) in [5.74, 6) is -1.49. The summed E-state index contributed by atoms with van der Waals surface area (Å²) in [7, 11) is -4.04. The summed E-state index contributed by atoms with van der Waals surface area (Å²) in [6.07, 6.45) is 0.814. The zero-order valence-corrected chi connectivity index (χ0v) is 22.3. The lowest BCUT2D eigenvalue weighted by atomic mass is 9.92. The molecule has 0 spiro atoms. The van der Waals surface area contributed by atoms with Gasteiger partial charge in [-0.1, -0.05) is 45.9 Å². The average molecular weight is 529 g/mol. The first-order chi connectivity index (χ1) is 17.3. The van der Waals surface area contributed by atoms with Gasteiger partial charge in [0.05, 0.1) is 5.69 Å². The summed E-state index contributed by atoms with van der Waals surface area (Å²) in [5.41, 5.74) is 0.577. The van der Waals surface area contributed by atoms with Crippen molar-refractivity contribution >= 4 is 27.6 Å². The van der Waals surface area contributed by atoms with Gasteiger partial charge in [-0.15, -0.1) is 0 Å². The second kappa shape index (κ2) is 11.1. The van der Waals surface area contributed by atoms with Crippen LogP contribution in [0.5, 0.6) is 11.6 Å². The number of benzene rings is 2. The fraction of sp³-hybridized carbons (Fsp3) is 0.346. The van der Waals surface area contributed by atoms with Gasteiger partial charge in [-0.05, 0) is 49.1 Å². The largest absolute Gasteiger partial charge is 0.476 e. The van der Waals surface area contributed by atoms with Crippen molar-refractivity contribution < 1.29 is 27.9 Å². The number of aromatic nitrogens is 2. The number of carbonyl (C=O) groups excluding carboxylic acids is 1. The second-order valence-electron chi connectivity index (χ2n) is 9.78. The molecule has 37 heavy (non-hydrogen) atoms. The highest BCUT2D eigenvalue weighted by Crippen LogP contribution is 2.35. The molecule has 0 unspecified atom stereocenters. The Hall–Kier alpha value is -3.70. The van der Waals surface area contributed by atoms with Crippen molar-refractivity contribution in [2.75, 3.05) is 11.9 Å². The van der Waals surface area contributed by atoms with Crippen molar-refractivity contribution in [2.24, 2.45) is 5.41 Å². The molecule has 0 radical (unpaired) electrons. The number of sulfonamides is 1. The first kappa shape index (κ1) is 27.9. The van der Waals surface area contributed by atoms with E-state index in [1.54, 1.807) is 30.3 Å². The van der Waals surface area contributed by atoms with E-state index in [2.05, 4.69) is 15.1 Å². The number of hydrogen-bond acceptors (Lipinski definition) is 6. The number of carboxylic acids is 1. The van der Waals surface area contributed by atoms with Crippen LogP contribution in [0.3, 0.4) is 0 Å². The van der Waals surface area contributed by atoms with Crippen molar-refractivity contribution in [1.82, 2.24) is 14.5 Å². The number of anilines is 1. The maximum absolute atomic E-state index is 13.2. The van der Waals surface area contributed by atoms with Crippen LogP contribution in [0.2, 0.25) is 0 Å². The van der Waals surface area contributed by atoms with E-state index in [1.807, 2.05) is 27.7 Å². The number of nitrogens with one attached hydrogen (secondary N) is 2. The van der Waals surface area contributed by atoms with Crippen LogP contribution in [0.15, 0.2) is 53.4 Å². The lowest BCUT2D eigenvalue weighted by Crippen LogP contribution is -2.25. The highest BCUT2D eigenvalue weighted by molar-refractivity contribution is 7.89. The predicted molar refractivity (Wildman–Crippen MR) is 140 cm³/mol. The third kappa shape index (κ3) is 6.95. The molecule has 1 heterocycles. The minimum Gasteiger partial charge on any atom is -0.476 e. The van der Waals surface area contributed by atoms with E-state index in [4.69, 9.17) is 4.74 Å². The van der Waals surface area contributed by atoms with Crippen LogP contribution in [0.1, 0.15) is 56.6 Å². The fourth-order valence-corrected chi connectivity index (χ4v) is 4.82. The molecular formula is C26H32N4O6S. The lowest BCUT2D eigenvalue weighted by Gasteiger charge is -2.18. The van der Waals surface area contributed by atoms with Gasteiger partial charge in [0.2, 0.25) is 21.8 Å². The van der Waals surface area contributed by atoms with E-state index in [1.165, 1.54) is 29.8 Å². The monoisotopic (exact) mass is 528 g/mol. The van der Waals surface area contributed by atoms with Gasteiger partial charge in [0.15, 0.2) is 5.69 Å². The summed E-state index contributed by atoms with van der Waals surface area (Å²) in [4.78, 5) is 24.1. The van der Waals surface area contributed by atoms with Crippen LogP contribution in [-0.4, -0.2) is 41.7 Å². The summed E-state index contributed by atoms with van der Waals surface area (Å²) in [6, 6.07) is 13.0. The molecule has 198 valence electrons. The zero-order chi connectivity index (χ0) is 27.4. The van der Waals surface area contributed by atoms with Crippen LogP contribution in [-0.2, 0) is 14.8 Å². The summed E-state index contributed by atoms with van der Waals surface area (Å²) < 4.78 is 36.3. The third-order valence-electron chi connectivity index (χ3n) is 5.23. The van der Waals surface area contributed by atoms with E-state index in [-0.39, 0.29) is 57.8 Å². The lowest BCUT2D eigenvalue weighted by molar-refractivity contribution is -0.117. The molecule has 0 aliphatic carbocycles. The van der Waals surface area contributed by atoms with E-state index in [9.17, 15) is 23.1 Å². The van der Waals surface area contributed by atoms with Gasteiger partial charge in [-0.3, -0.25) is 4.79 Å². The SMILES string of the molecule is CCCNS(=O)(=O)c1cc(NC(=O)CC(C)(C)C)ccc1Oc1c(C)c(C(=O)O)nn1-c1ccccc1. The molecule has 3 rings (SSSR count). The molecular weight excluding hydrogens is 496 g/mol. The summed E-state index contributed by atoms with van der Waals surface area (Å²) in [5, 5.41) is 16.5. The minimum atomic E-state index is -4.04. The van der Waals surface area contributed by atoms with Gasteiger partial charge >= 0.3 is 5.97 Å². The number of hydrogen-bond donors (Lipinski definition) is 3. The molecule has 0 saturated carbocycles. The molecule has 3 aromatic rings. The number of carbonyl (C=O) groups is 2. The highest BCUT2D eigenvalue weighted by atomic mass is 32.2. The molecule has 2 aromatic carbocycles. The molecule has 11 heteroatoms. The molecule has 0 bridgehead atoms. The van der Waals surface area contributed by atoms with Crippen LogP contribution in [0.4, 0.5) is 5.69 Å². The highest BCUT2D eigenvalue weighted by Gasteiger charge is 2.26. The number of ether oxygens (including phenoxy) is 1. The molecule has 1 aromatic heterocycles. The molecule has 0 aliphatic heterocycles. The van der Waals surface area contributed by atoms with Gasteiger partial charge in [0, 0.05) is 24.2 Å². The fourth-order valence-electron chi connectivity index (χ4n) is 3.53. The first-order valence-electron chi connectivity index (χ1n) is 11.8. The van der Waals surface area contributed by atoms with Crippen LogP contribution < -0.4 is 14.8 Å². The predicted octanol–water partition coefficient (Wildman–Crippen LogP) is 4.73.